The summed E-state index contributed by atoms with van der Waals surface area (Å²) < 4.78 is 22.1. The van der Waals surface area contributed by atoms with Crippen LogP contribution < -0.4 is 10.1 Å². The Labute approximate surface area is 203 Å². The van der Waals surface area contributed by atoms with E-state index in [9.17, 15) is 9.59 Å². The van der Waals surface area contributed by atoms with Crippen LogP contribution in [-0.4, -0.2) is 62.2 Å². The third-order valence-corrected chi connectivity index (χ3v) is 5.58. The van der Waals surface area contributed by atoms with E-state index in [0.29, 0.717) is 17.0 Å². The summed E-state index contributed by atoms with van der Waals surface area (Å²) in [7, 11) is 1.48. The van der Waals surface area contributed by atoms with Gasteiger partial charge in [-0.1, -0.05) is 18.2 Å². The van der Waals surface area contributed by atoms with Crippen molar-refractivity contribution in [3.8, 4) is 5.75 Å². The third-order valence-electron chi connectivity index (χ3n) is 4.58. The number of esters is 1. The maximum absolute atomic E-state index is 12.8. The first-order valence-electron chi connectivity index (χ1n) is 10.3. The maximum Gasteiger partial charge on any atom is 0.412 e. The number of amides is 1. The Morgan fingerprint density at radius 2 is 1.85 bits per heavy atom. The molecule has 0 unspecified atom stereocenters. The molecule has 2 N–H and O–H groups in total. The van der Waals surface area contributed by atoms with Crippen molar-refractivity contribution in [2.24, 2.45) is 0 Å². The van der Waals surface area contributed by atoms with Gasteiger partial charge in [0.25, 0.3) is 0 Å². The Kier molecular flexibility index (Phi) is 12.0. The lowest BCUT2D eigenvalue weighted by Gasteiger charge is -2.28. The lowest BCUT2D eigenvalue weighted by molar-refractivity contribution is -0.141. The maximum atomic E-state index is 12.8. The van der Waals surface area contributed by atoms with Gasteiger partial charge >= 0.3 is 12.1 Å². The number of rotatable bonds is 13. The fourth-order valence-electron chi connectivity index (χ4n) is 3.01. The van der Waals surface area contributed by atoms with Crippen molar-refractivity contribution in [1.82, 2.24) is 0 Å². The van der Waals surface area contributed by atoms with E-state index in [1.165, 1.54) is 7.11 Å². The highest BCUT2D eigenvalue weighted by atomic mass is 32.2. The number of hydrogen-bond acceptors (Lipinski definition) is 9. The molecule has 0 bridgehead atoms. The average Bonchev–Trinajstić information content (AvgIpc) is 2.84. The second-order valence-corrected chi connectivity index (χ2v) is 7.93. The summed E-state index contributed by atoms with van der Waals surface area (Å²) >= 11 is 5.49. The van der Waals surface area contributed by atoms with Gasteiger partial charge in [0.15, 0.2) is 6.10 Å². The zero-order valence-corrected chi connectivity index (χ0v) is 20.3. The highest BCUT2D eigenvalue weighted by Crippen LogP contribution is 2.33. The van der Waals surface area contributed by atoms with Crippen LogP contribution in [0.15, 0.2) is 53.4 Å². The first-order valence-corrected chi connectivity index (χ1v) is 12.1. The quantitative estimate of drug-likeness (QED) is 0.218. The number of nitrogens with one attached hydrogen (secondary N) is 1. The van der Waals surface area contributed by atoms with Gasteiger partial charge in [-0.15, -0.1) is 11.8 Å². The van der Waals surface area contributed by atoms with Crippen molar-refractivity contribution in [3.63, 3.8) is 0 Å². The van der Waals surface area contributed by atoms with Crippen LogP contribution in [0.5, 0.6) is 5.75 Å². The van der Waals surface area contributed by atoms with Crippen molar-refractivity contribution in [2.75, 3.05) is 44.3 Å². The van der Waals surface area contributed by atoms with E-state index in [4.69, 9.17) is 24.1 Å². The van der Waals surface area contributed by atoms with Gasteiger partial charge in [0.2, 0.25) is 0 Å². The van der Waals surface area contributed by atoms with E-state index < -0.39 is 24.3 Å². The number of hydrogen-bond donors (Lipinski definition) is 3. The molecule has 0 spiro atoms. The zero-order chi connectivity index (χ0) is 24.1. The van der Waals surface area contributed by atoms with Crippen LogP contribution in [0.1, 0.15) is 18.1 Å². The minimum Gasteiger partial charge on any atom is -0.491 e. The van der Waals surface area contributed by atoms with Crippen LogP contribution in [0.2, 0.25) is 0 Å². The molecule has 0 aliphatic rings. The van der Waals surface area contributed by atoms with E-state index >= 15 is 0 Å². The van der Waals surface area contributed by atoms with Crippen LogP contribution >= 0.6 is 24.4 Å². The highest BCUT2D eigenvalue weighted by Gasteiger charge is 2.30. The second kappa shape index (κ2) is 14.7. The SMILES string of the molecule is CO[C@@H](CCOC(=O)CS)[C@@H](OC(=O)Nc1ccc(SC)cc1)c1ccccc1OCCO. The minimum atomic E-state index is -0.870. The summed E-state index contributed by atoms with van der Waals surface area (Å²) in [6, 6.07) is 14.4. The van der Waals surface area contributed by atoms with Gasteiger partial charge in [-0.05, 0) is 36.6 Å². The molecular weight excluding hydrogens is 466 g/mol. The Hall–Kier alpha value is -2.40. The van der Waals surface area contributed by atoms with Crippen LogP contribution in [0.4, 0.5) is 10.5 Å². The van der Waals surface area contributed by atoms with Crippen molar-refractivity contribution in [3.05, 3.63) is 54.1 Å². The van der Waals surface area contributed by atoms with E-state index in [-0.39, 0.29) is 32.0 Å². The number of para-hydroxylation sites is 1. The van der Waals surface area contributed by atoms with Crippen LogP contribution in [0.25, 0.3) is 0 Å². The molecule has 0 aliphatic heterocycles. The number of benzene rings is 2. The molecule has 0 fully saturated rings. The summed E-state index contributed by atoms with van der Waals surface area (Å²) in [6.45, 7) is -0.0239. The molecule has 2 aromatic rings. The Bertz CT molecular complexity index is 879. The van der Waals surface area contributed by atoms with Crippen molar-refractivity contribution in [1.29, 1.82) is 0 Å². The lowest BCUT2D eigenvalue weighted by atomic mass is 10.0. The van der Waals surface area contributed by atoms with E-state index in [2.05, 4.69) is 17.9 Å². The molecule has 0 aliphatic carbocycles. The van der Waals surface area contributed by atoms with E-state index in [1.807, 2.05) is 18.4 Å². The molecular formula is C23H29NO7S2. The summed E-state index contributed by atoms with van der Waals surface area (Å²) in [5.41, 5.74) is 1.14. The fourth-order valence-corrected chi connectivity index (χ4v) is 3.51. The fraction of sp³-hybridized carbons (Fsp3) is 0.391. The number of aliphatic hydroxyl groups is 1. The topological polar surface area (TPSA) is 103 Å². The number of anilines is 1. The van der Waals surface area contributed by atoms with Gasteiger partial charge in [0.1, 0.15) is 18.5 Å². The van der Waals surface area contributed by atoms with Gasteiger partial charge in [-0.3, -0.25) is 10.1 Å². The van der Waals surface area contributed by atoms with E-state index in [1.54, 1.807) is 48.2 Å². The number of aliphatic hydroxyl groups excluding tert-OH is 1. The molecule has 2 atom stereocenters. The van der Waals surface area contributed by atoms with Gasteiger partial charge in [-0.2, -0.15) is 12.6 Å². The highest BCUT2D eigenvalue weighted by molar-refractivity contribution is 7.98. The smallest absolute Gasteiger partial charge is 0.412 e. The molecule has 10 heteroatoms. The first-order chi connectivity index (χ1) is 16.0. The second-order valence-electron chi connectivity index (χ2n) is 6.73. The van der Waals surface area contributed by atoms with E-state index in [0.717, 1.165) is 4.90 Å². The third kappa shape index (κ3) is 8.81. The number of thioether (sulfide) groups is 1. The summed E-state index contributed by atoms with van der Waals surface area (Å²) in [6.07, 6.45) is 0.0512. The van der Waals surface area contributed by atoms with Crippen molar-refractivity contribution in [2.45, 2.75) is 23.5 Å². The predicted octanol–water partition coefficient (Wildman–Crippen LogP) is 3.95. The van der Waals surface area contributed by atoms with Gasteiger partial charge in [0.05, 0.1) is 19.0 Å². The monoisotopic (exact) mass is 495 g/mol. The molecule has 0 saturated carbocycles. The molecule has 0 heterocycles. The Morgan fingerprint density at radius 1 is 1.12 bits per heavy atom. The Morgan fingerprint density at radius 3 is 2.48 bits per heavy atom. The number of ether oxygens (including phenoxy) is 4. The molecule has 0 saturated heterocycles. The Balaban J connectivity index is 2.23. The largest absolute Gasteiger partial charge is 0.491 e. The molecule has 1 amide bonds. The molecule has 0 radical (unpaired) electrons. The molecule has 180 valence electrons. The van der Waals surface area contributed by atoms with Crippen LogP contribution in [0.3, 0.4) is 0 Å². The summed E-state index contributed by atoms with van der Waals surface area (Å²) in [5, 5.41) is 11.9. The lowest BCUT2D eigenvalue weighted by Crippen LogP contribution is -2.30. The van der Waals surface area contributed by atoms with Gasteiger partial charge in [-0.25, -0.2) is 4.79 Å². The summed E-state index contributed by atoms with van der Waals surface area (Å²) in [5.74, 6) is -0.0421. The number of methoxy groups -OCH3 is 1. The minimum absolute atomic E-state index is 0.0346. The normalized spacial score (nSPS) is 12.5. The van der Waals surface area contributed by atoms with Crippen LogP contribution in [-0.2, 0) is 19.0 Å². The molecule has 33 heavy (non-hydrogen) atoms. The zero-order valence-electron chi connectivity index (χ0n) is 18.6. The van der Waals surface area contributed by atoms with Crippen LogP contribution in [0, 0.1) is 0 Å². The average molecular weight is 496 g/mol. The first kappa shape index (κ1) is 26.8. The predicted molar refractivity (Wildman–Crippen MR) is 130 cm³/mol. The van der Waals surface area contributed by atoms with Gasteiger partial charge < -0.3 is 24.1 Å². The van der Waals surface area contributed by atoms with Crippen molar-refractivity contribution >= 4 is 42.1 Å². The number of carbonyl (C=O) groups excluding carboxylic acids is 2. The number of carbonyl (C=O) groups is 2. The standard InChI is InChI=1S/C23H29NO7S2/c1-28-20(11-13-30-21(26)15-32)22(18-5-3-4-6-19(18)29-14-12-25)31-23(27)24-16-7-9-17(33-2)10-8-16/h3-10,20,22,25,32H,11-15H2,1-2H3,(H,24,27)/t20-,22-/m0/s1. The summed E-state index contributed by atoms with van der Waals surface area (Å²) in [4.78, 5) is 25.3. The molecule has 2 aromatic carbocycles. The number of thiol groups is 1. The van der Waals surface area contributed by atoms with Gasteiger partial charge in [0, 0.05) is 29.7 Å². The molecule has 0 aromatic heterocycles. The molecule has 2 rings (SSSR count). The van der Waals surface area contributed by atoms with Crippen molar-refractivity contribution < 1.29 is 33.6 Å². The molecule has 8 nitrogen and oxygen atoms in total.